The molecule has 0 unspecified atom stereocenters. The summed E-state index contributed by atoms with van der Waals surface area (Å²) in [7, 11) is 2.83. The van der Waals surface area contributed by atoms with Crippen LogP contribution >= 0.6 is 0 Å². The van der Waals surface area contributed by atoms with E-state index in [9.17, 15) is 19.2 Å². The normalized spacial score (nSPS) is 13.7. The van der Waals surface area contributed by atoms with E-state index in [1.165, 1.54) is 24.0 Å². The number of hydrogen-bond donors (Lipinski definition) is 0. The van der Waals surface area contributed by atoms with Gasteiger partial charge in [0.05, 0.1) is 13.2 Å². The van der Waals surface area contributed by atoms with Crippen LogP contribution in [0.4, 0.5) is 9.59 Å². The van der Waals surface area contributed by atoms with Gasteiger partial charge >= 0.3 is 24.1 Å². The quantitative estimate of drug-likeness (QED) is 0.0407. The molecule has 0 radical (unpaired) electrons. The van der Waals surface area contributed by atoms with Gasteiger partial charge < -0.3 is 33.2 Å². The van der Waals surface area contributed by atoms with Crippen LogP contribution in [0.25, 0.3) is 0 Å². The van der Waals surface area contributed by atoms with Gasteiger partial charge in [-0.2, -0.15) is 0 Å². The minimum atomic E-state index is -1.56. The number of amides is 2. The molecule has 0 aliphatic rings. The van der Waals surface area contributed by atoms with Gasteiger partial charge in [0.2, 0.25) is 0 Å². The zero-order valence-electron chi connectivity index (χ0n) is 33.8. The van der Waals surface area contributed by atoms with E-state index in [0.29, 0.717) is 0 Å². The molecule has 0 aromatic heterocycles. The van der Waals surface area contributed by atoms with Crippen molar-refractivity contribution in [1.82, 2.24) is 9.80 Å². The van der Waals surface area contributed by atoms with Crippen molar-refractivity contribution in [2.24, 2.45) is 0 Å². The van der Waals surface area contributed by atoms with Gasteiger partial charge in [-0.3, -0.25) is 9.80 Å². The zero-order chi connectivity index (χ0) is 41.1. The van der Waals surface area contributed by atoms with Crippen molar-refractivity contribution >= 4 is 24.1 Å². The lowest BCUT2D eigenvalue weighted by molar-refractivity contribution is -0.165. The monoisotopic (exact) mass is 768 g/mol. The molecule has 0 bridgehead atoms. The van der Waals surface area contributed by atoms with E-state index in [1.807, 2.05) is 60.7 Å². The van der Waals surface area contributed by atoms with Gasteiger partial charge in [0.1, 0.15) is 37.9 Å². The van der Waals surface area contributed by atoms with Crippen LogP contribution in [0.5, 0.6) is 0 Å². The molecule has 55 heavy (non-hydrogen) atoms. The molecule has 0 N–H and O–H groups in total. The van der Waals surface area contributed by atoms with Crippen LogP contribution in [-0.2, 0) is 55.6 Å². The highest BCUT2D eigenvalue weighted by atomic mass is 16.6. The number of ether oxygens (including phenoxy) is 7. The molecular formula is C42H60N2O11. The third kappa shape index (κ3) is 14.5. The predicted molar refractivity (Wildman–Crippen MR) is 208 cm³/mol. The molecule has 0 fully saturated rings. The van der Waals surface area contributed by atoms with Crippen molar-refractivity contribution in [1.29, 1.82) is 0 Å². The van der Waals surface area contributed by atoms with Crippen LogP contribution in [0.3, 0.4) is 0 Å². The summed E-state index contributed by atoms with van der Waals surface area (Å²) < 4.78 is 39.3. The van der Waals surface area contributed by atoms with Gasteiger partial charge in [0.25, 0.3) is 0 Å². The smallest absolute Gasteiger partial charge is 0.413 e. The Balaban J connectivity index is 2.23. The second-order valence-electron chi connectivity index (χ2n) is 14.9. The Morgan fingerprint density at radius 1 is 0.582 bits per heavy atom. The molecular weight excluding hydrogens is 708 g/mol. The minimum Gasteiger partial charge on any atom is -0.461 e. The molecule has 2 aromatic carbocycles. The van der Waals surface area contributed by atoms with Crippen LogP contribution in [0.1, 0.15) is 65.5 Å². The number of rotatable bonds is 22. The molecule has 13 nitrogen and oxygen atoms in total. The van der Waals surface area contributed by atoms with Crippen LogP contribution in [0.15, 0.2) is 86.0 Å². The second kappa shape index (κ2) is 22.0. The van der Waals surface area contributed by atoms with E-state index >= 15 is 0 Å². The highest BCUT2D eigenvalue weighted by molar-refractivity contribution is 5.87. The molecule has 0 saturated heterocycles. The van der Waals surface area contributed by atoms with Crippen molar-refractivity contribution in [3.8, 4) is 0 Å². The molecule has 2 aromatic rings. The standard InChI is InChI=1S/C42H60N2O11/c1-11-23-41(29-33-19-15-13-16-20-33,43(31-49-9)37(47)54-39(3,4)5)35(45)52-27-25-51-26-28-53-36(46)42(24-12-2,30-34-21-17-14-18-22-34)44(32-50-10)38(48)55-40(6,7)8/h11-22H,1-2,23-32H2,3-10H3/t41-,42-/m1/s1. The Morgan fingerprint density at radius 2 is 0.927 bits per heavy atom. The van der Waals surface area contributed by atoms with E-state index in [0.717, 1.165) is 11.1 Å². The molecule has 2 rings (SSSR count). The number of hydrogen-bond acceptors (Lipinski definition) is 11. The lowest BCUT2D eigenvalue weighted by Gasteiger charge is -2.41. The molecule has 13 heteroatoms. The average molecular weight is 769 g/mol. The van der Waals surface area contributed by atoms with E-state index in [1.54, 1.807) is 53.7 Å². The number of carbonyl (C=O) groups is 4. The first-order chi connectivity index (χ1) is 26.0. The lowest BCUT2D eigenvalue weighted by atomic mass is 9.86. The van der Waals surface area contributed by atoms with Crippen LogP contribution in [0.2, 0.25) is 0 Å². The van der Waals surface area contributed by atoms with Gasteiger partial charge in [-0.05, 0) is 65.5 Å². The topological polar surface area (TPSA) is 139 Å². The molecule has 0 heterocycles. The van der Waals surface area contributed by atoms with Gasteiger partial charge in [-0.1, -0.05) is 72.8 Å². The Morgan fingerprint density at radius 3 is 1.22 bits per heavy atom. The Kier molecular flexibility index (Phi) is 18.6. The number of benzene rings is 2. The largest absolute Gasteiger partial charge is 0.461 e. The maximum Gasteiger partial charge on any atom is 0.413 e. The summed E-state index contributed by atoms with van der Waals surface area (Å²) >= 11 is 0. The number of carbonyl (C=O) groups excluding carboxylic acids is 4. The third-order valence-corrected chi connectivity index (χ3v) is 8.10. The second-order valence-corrected chi connectivity index (χ2v) is 14.9. The predicted octanol–water partition coefficient (Wildman–Crippen LogP) is 6.89. The number of esters is 2. The maximum atomic E-state index is 14.0. The highest BCUT2D eigenvalue weighted by Gasteiger charge is 2.50. The first kappa shape index (κ1) is 46.4. The average Bonchev–Trinajstić information content (AvgIpc) is 3.11. The molecule has 0 aliphatic heterocycles. The summed E-state index contributed by atoms with van der Waals surface area (Å²) in [5.41, 5.74) is -3.26. The summed E-state index contributed by atoms with van der Waals surface area (Å²) in [5, 5.41) is 0. The fourth-order valence-electron chi connectivity index (χ4n) is 5.78. The van der Waals surface area contributed by atoms with E-state index in [2.05, 4.69) is 13.2 Å². The van der Waals surface area contributed by atoms with Gasteiger partial charge in [0.15, 0.2) is 11.1 Å². The zero-order valence-corrected chi connectivity index (χ0v) is 33.8. The van der Waals surface area contributed by atoms with Crippen molar-refractivity contribution in [3.05, 3.63) is 97.1 Å². The van der Waals surface area contributed by atoms with Gasteiger partial charge in [-0.15, -0.1) is 13.2 Å². The SMILES string of the molecule is C=CC[C@@](Cc1ccccc1)(C(=O)OCCOCCOC(=O)[C@@](CC=C)(Cc1ccccc1)N(COC)C(=O)OC(C)(C)C)N(COC)C(=O)OC(C)(C)C. The van der Waals surface area contributed by atoms with Crippen LogP contribution < -0.4 is 0 Å². The Hall–Kier alpha value is -4.72. The fourth-order valence-corrected chi connectivity index (χ4v) is 5.78. The molecule has 0 spiro atoms. The number of methoxy groups -OCH3 is 2. The maximum absolute atomic E-state index is 14.0. The van der Waals surface area contributed by atoms with Crippen molar-refractivity contribution in [3.63, 3.8) is 0 Å². The summed E-state index contributed by atoms with van der Waals surface area (Å²) in [6, 6.07) is 18.4. The summed E-state index contributed by atoms with van der Waals surface area (Å²) in [4.78, 5) is 57.6. The van der Waals surface area contributed by atoms with Crippen molar-refractivity contribution < 1.29 is 52.3 Å². The van der Waals surface area contributed by atoms with Crippen LogP contribution in [-0.4, -0.2) is 110 Å². The van der Waals surface area contributed by atoms with E-state index < -0.39 is 46.4 Å². The Bertz CT molecular complexity index is 1410. The highest BCUT2D eigenvalue weighted by Crippen LogP contribution is 2.31. The first-order valence-corrected chi connectivity index (χ1v) is 18.2. The Labute approximate surface area is 326 Å². The molecule has 0 saturated carbocycles. The van der Waals surface area contributed by atoms with Gasteiger partial charge in [0, 0.05) is 27.1 Å². The fraction of sp³-hybridized carbons (Fsp3) is 0.524. The first-order valence-electron chi connectivity index (χ1n) is 18.2. The molecule has 304 valence electrons. The summed E-state index contributed by atoms with van der Waals surface area (Å²) in [6.07, 6.45) is 1.85. The molecule has 2 atom stereocenters. The number of nitrogens with zero attached hydrogens (tertiary/aromatic N) is 2. The van der Waals surface area contributed by atoms with E-state index in [4.69, 9.17) is 33.2 Å². The van der Waals surface area contributed by atoms with Crippen LogP contribution in [0, 0.1) is 0 Å². The van der Waals surface area contributed by atoms with Gasteiger partial charge in [-0.25, -0.2) is 19.2 Å². The van der Waals surface area contributed by atoms with E-state index in [-0.39, 0.29) is 65.6 Å². The van der Waals surface area contributed by atoms with Crippen molar-refractivity contribution in [2.45, 2.75) is 89.5 Å². The minimum absolute atomic E-state index is 0.0406. The lowest BCUT2D eigenvalue weighted by Crippen LogP contribution is -2.60. The molecule has 0 aliphatic carbocycles. The molecule has 2 amide bonds. The van der Waals surface area contributed by atoms with Crippen molar-refractivity contribution in [2.75, 3.05) is 54.1 Å². The third-order valence-electron chi connectivity index (χ3n) is 8.10. The summed E-state index contributed by atoms with van der Waals surface area (Å²) in [5.74, 6) is -1.41. The summed E-state index contributed by atoms with van der Waals surface area (Å²) in [6.45, 7) is 17.1.